The van der Waals surface area contributed by atoms with E-state index >= 15 is 0 Å². The van der Waals surface area contributed by atoms with E-state index in [-0.39, 0.29) is 0 Å². The number of pyridine rings is 2. The molecule has 0 aliphatic rings. The van der Waals surface area contributed by atoms with E-state index in [0.717, 1.165) is 77.7 Å². The molecule has 0 spiro atoms. The first-order valence-corrected chi connectivity index (χ1v) is 15.0. The molecule has 210 valence electrons. The molecule has 0 N–H and O–H groups in total. The predicted octanol–water partition coefficient (Wildman–Crippen LogP) is 9.65. The Morgan fingerprint density at radius 2 is 1.04 bits per heavy atom. The molecule has 0 saturated heterocycles. The maximum Gasteiger partial charge on any atom is 0.160 e. The van der Waals surface area contributed by atoms with Crippen LogP contribution in [0.5, 0.6) is 0 Å². The summed E-state index contributed by atoms with van der Waals surface area (Å²) < 4.78 is 2.13. The van der Waals surface area contributed by atoms with E-state index in [2.05, 4.69) is 95.5 Å². The lowest BCUT2D eigenvalue weighted by Crippen LogP contribution is -1.95. The summed E-state index contributed by atoms with van der Waals surface area (Å²) in [6.07, 6.45) is 2.06. The van der Waals surface area contributed by atoms with Crippen LogP contribution in [0.1, 0.15) is 0 Å². The first-order chi connectivity index (χ1) is 22.3. The van der Waals surface area contributed by atoms with Gasteiger partial charge in [-0.2, -0.15) is 0 Å². The number of rotatable bonds is 4. The number of para-hydroxylation sites is 2. The SMILES string of the molecule is c1ccc(-c2nc(-c3cccc(-c4ccc(-c5nc6ccccc6c6nc7ccccn7c56)cc4)c3)nc3ccccc23)cc1. The first-order valence-electron chi connectivity index (χ1n) is 15.0. The molecule has 0 atom stereocenters. The highest BCUT2D eigenvalue weighted by molar-refractivity contribution is 6.09. The van der Waals surface area contributed by atoms with Crippen LogP contribution in [0, 0.1) is 0 Å². The number of hydrogen-bond donors (Lipinski definition) is 0. The normalized spacial score (nSPS) is 11.6. The number of fused-ring (bicyclic) bond motifs is 6. The molecule has 4 aromatic heterocycles. The van der Waals surface area contributed by atoms with E-state index in [9.17, 15) is 0 Å². The van der Waals surface area contributed by atoms with Crippen molar-refractivity contribution < 1.29 is 0 Å². The van der Waals surface area contributed by atoms with Gasteiger partial charge in [0.25, 0.3) is 0 Å². The molecule has 0 unspecified atom stereocenters. The van der Waals surface area contributed by atoms with Crippen LogP contribution in [0.4, 0.5) is 0 Å². The van der Waals surface area contributed by atoms with Crippen LogP contribution < -0.4 is 0 Å². The van der Waals surface area contributed by atoms with Gasteiger partial charge in [-0.05, 0) is 41.5 Å². The van der Waals surface area contributed by atoms with Crippen LogP contribution in [-0.4, -0.2) is 24.3 Å². The van der Waals surface area contributed by atoms with Crippen LogP contribution in [0.15, 0.2) is 152 Å². The second-order valence-electron chi connectivity index (χ2n) is 11.2. The second kappa shape index (κ2) is 10.2. The van der Waals surface area contributed by atoms with Crippen molar-refractivity contribution in [3.63, 3.8) is 0 Å². The van der Waals surface area contributed by atoms with Gasteiger partial charge in [-0.15, -0.1) is 0 Å². The van der Waals surface area contributed by atoms with Gasteiger partial charge in [0.05, 0.1) is 27.9 Å². The molecule has 5 nitrogen and oxygen atoms in total. The fourth-order valence-corrected chi connectivity index (χ4v) is 6.24. The summed E-state index contributed by atoms with van der Waals surface area (Å²) in [4.78, 5) is 20.2. The van der Waals surface area contributed by atoms with Crippen molar-refractivity contribution in [3.8, 4) is 45.0 Å². The Balaban J connectivity index is 1.14. The third-order valence-electron chi connectivity index (χ3n) is 8.41. The molecule has 0 aliphatic heterocycles. The third kappa shape index (κ3) is 4.25. The summed E-state index contributed by atoms with van der Waals surface area (Å²) in [6.45, 7) is 0. The van der Waals surface area contributed by atoms with Crippen LogP contribution in [-0.2, 0) is 0 Å². The Labute approximate surface area is 259 Å². The Morgan fingerprint density at radius 1 is 0.400 bits per heavy atom. The zero-order valence-electron chi connectivity index (χ0n) is 24.2. The van der Waals surface area contributed by atoms with E-state index in [1.54, 1.807) is 0 Å². The van der Waals surface area contributed by atoms with Crippen molar-refractivity contribution in [1.82, 2.24) is 24.3 Å². The summed E-state index contributed by atoms with van der Waals surface area (Å²) in [5.74, 6) is 0.710. The molecule has 9 rings (SSSR count). The summed E-state index contributed by atoms with van der Waals surface area (Å²) in [6, 6.07) is 49.9. The third-order valence-corrected chi connectivity index (χ3v) is 8.41. The standard InChI is InChI=1S/C40H25N5/c1-2-11-27(12-3-1)36-31-15-4-7-18-34(31)42-40(44-36)30-14-10-13-29(25-30)26-20-22-28(23-21-26)37-39-38(32-16-5-6-17-33(32)41-37)43-35-19-8-9-24-45(35)39/h1-25H. The van der Waals surface area contributed by atoms with Crippen LogP contribution >= 0.6 is 0 Å². The van der Waals surface area contributed by atoms with Crippen molar-refractivity contribution in [2.45, 2.75) is 0 Å². The van der Waals surface area contributed by atoms with Gasteiger partial charge in [0.1, 0.15) is 11.2 Å². The minimum absolute atomic E-state index is 0.710. The fourth-order valence-electron chi connectivity index (χ4n) is 6.24. The molecular weight excluding hydrogens is 550 g/mol. The molecule has 0 aliphatic carbocycles. The highest BCUT2D eigenvalue weighted by atomic mass is 15.0. The Kier molecular flexibility index (Phi) is 5.74. The van der Waals surface area contributed by atoms with E-state index < -0.39 is 0 Å². The van der Waals surface area contributed by atoms with Gasteiger partial charge in [0.15, 0.2) is 5.82 Å². The summed E-state index contributed by atoms with van der Waals surface area (Å²) in [7, 11) is 0. The van der Waals surface area contributed by atoms with Crippen molar-refractivity contribution in [2.24, 2.45) is 0 Å². The van der Waals surface area contributed by atoms with Gasteiger partial charge in [0, 0.05) is 33.7 Å². The van der Waals surface area contributed by atoms with Crippen molar-refractivity contribution in [2.75, 3.05) is 0 Å². The second-order valence-corrected chi connectivity index (χ2v) is 11.2. The molecule has 9 aromatic rings. The highest BCUT2D eigenvalue weighted by Gasteiger charge is 2.17. The van der Waals surface area contributed by atoms with Crippen molar-refractivity contribution in [3.05, 3.63) is 152 Å². The molecule has 4 heterocycles. The lowest BCUT2D eigenvalue weighted by Gasteiger charge is -2.11. The number of benzene rings is 5. The molecule has 0 saturated carbocycles. The lowest BCUT2D eigenvalue weighted by atomic mass is 9.99. The zero-order valence-corrected chi connectivity index (χ0v) is 24.2. The van der Waals surface area contributed by atoms with Gasteiger partial charge in [-0.1, -0.05) is 115 Å². The van der Waals surface area contributed by atoms with Crippen LogP contribution in [0.3, 0.4) is 0 Å². The van der Waals surface area contributed by atoms with Crippen LogP contribution in [0.25, 0.3) is 83.5 Å². The topological polar surface area (TPSA) is 56.0 Å². The average molecular weight is 576 g/mol. The average Bonchev–Trinajstić information content (AvgIpc) is 3.51. The number of hydrogen-bond acceptors (Lipinski definition) is 4. The molecular formula is C40H25N5. The monoisotopic (exact) mass is 575 g/mol. The number of nitrogens with zero attached hydrogens (tertiary/aromatic N) is 5. The van der Waals surface area contributed by atoms with Gasteiger partial charge in [0.2, 0.25) is 0 Å². The highest BCUT2D eigenvalue weighted by Crippen LogP contribution is 2.35. The zero-order chi connectivity index (χ0) is 29.7. The molecule has 0 fully saturated rings. The summed E-state index contributed by atoms with van der Waals surface area (Å²) in [5, 5.41) is 2.10. The van der Waals surface area contributed by atoms with Crippen molar-refractivity contribution >= 4 is 38.5 Å². The Bertz CT molecular complexity index is 2530. The van der Waals surface area contributed by atoms with Crippen LogP contribution in [0.2, 0.25) is 0 Å². The summed E-state index contributed by atoms with van der Waals surface area (Å²) >= 11 is 0. The van der Waals surface area contributed by atoms with E-state index in [1.165, 1.54) is 0 Å². The maximum atomic E-state index is 5.13. The Morgan fingerprint density at radius 3 is 1.89 bits per heavy atom. The smallest absolute Gasteiger partial charge is 0.160 e. The van der Waals surface area contributed by atoms with E-state index in [0.29, 0.717) is 5.82 Å². The largest absolute Gasteiger partial charge is 0.298 e. The van der Waals surface area contributed by atoms with Gasteiger partial charge in [-0.3, -0.25) is 4.40 Å². The number of aromatic nitrogens is 5. The summed E-state index contributed by atoms with van der Waals surface area (Å²) in [5.41, 5.74) is 11.9. The molecule has 5 heteroatoms. The minimum atomic E-state index is 0.710. The van der Waals surface area contributed by atoms with Gasteiger partial charge >= 0.3 is 0 Å². The fraction of sp³-hybridized carbons (Fsp3) is 0. The maximum absolute atomic E-state index is 5.13. The lowest BCUT2D eigenvalue weighted by molar-refractivity contribution is 1.22. The molecule has 0 radical (unpaired) electrons. The molecule has 45 heavy (non-hydrogen) atoms. The predicted molar refractivity (Wildman–Crippen MR) is 183 cm³/mol. The number of imidazole rings is 1. The molecule has 5 aromatic carbocycles. The van der Waals surface area contributed by atoms with Gasteiger partial charge in [-0.25, -0.2) is 19.9 Å². The minimum Gasteiger partial charge on any atom is -0.298 e. The molecule has 0 bridgehead atoms. The molecule has 0 amide bonds. The van der Waals surface area contributed by atoms with Crippen molar-refractivity contribution in [1.29, 1.82) is 0 Å². The van der Waals surface area contributed by atoms with E-state index in [1.807, 2.05) is 60.7 Å². The quantitative estimate of drug-likeness (QED) is 0.210. The van der Waals surface area contributed by atoms with Gasteiger partial charge < -0.3 is 0 Å². The first kappa shape index (κ1) is 25.3. The van der Waals surface area contributed by atoms with E-state index in [4.69, 9.17) is 19.9 Å². The Hall–Kier alpha value is -6.20.